The molecule has 1 aromatic carbocycles. The molecule has 0 radical (unpaired) electrons. The predicted octanol–water partition coefficient (Wildman–Crippen LogP) is 1.99. The smallest absolute Gasteiger partial charge is 0.410 e. The molecule has 0 aliphatic carbocycles. The van der Waals surface area contributed by atoms with E-state index in [1.54, 1.807) is 4.90 Å². The Labute approximate surface area is 131 Å². The van der Waals surface area contributed by atoms with E-state index in [2.05, 4.69) is 4.72 Å². The second kappa shape index (κ2) is 5.89. The molecule has 1 aliphatic rings. The number of fused-ring (bicyclic) bond motifs is 1. The third-order valence-corrected chi connectivity index (χ3v) is 3.85. The van der Waals surface area contributed by atoms with Crippen molar-refractivity contribution in [3.8, 4) is 0 Å². The van der Waals surface area contributed by atoms with Crippen LogP contribution in [0.1, 0.15) is 37.5 Å². The quantitative estimate of drug-likeness (QED) is 0.921. The number of amides is 1. The molecule has 7 heteroatoms. The van der Waals surface area contributed by atoms with E-state index in [9.17, 15) is 13.2 Å². The number of carbonyl (C=O) groups is 1. The van der Waals surface area contributed by atoms with Crippen LogP contribution in [0.25, 0.3) is 0 Å². The number of rotatable bonds is 3. The van der Waals surface area contributed by atoms with Gasteiger partial charge in [0, 0.05) is 19.6 Å². The van der Waals surface area contributed by atoms with Crippen molar-refractivity contribution >= 4 is 16.1 Å². The van der Waals surface area contributed by atoms with E-state index in [0.717, 1.165) is 22.9 Å². The zero-order chi connectivity index (χ0) is 16.5. The molecule has 122 valence electrons. The van der Waals surface area contributed by atoms with Crippen LogP contribution in [0.5, 0.6) is 0 Å². The zero-order valence-corrected chi connectivity index (χ0v) is 14.2. The van der Waals surface area contributed by atoms with Gasteiger partial charge in [-0.25, -0.2) is 17.9 Å². The van der Waals surface area contributed by atoms with Gasteiger partial charge in [-0.3, -0.25) is 4.90 Å². The molecule has 2 rings (SSSR count). The number of hydrogen-bond acceptors (Lipinski definition) is 4. The Hall–Kier alpha value is -1.60. The summed E-state index contributed by atoms with van der Waals surface area (Å²) < 4.78 is 30.1. The van der Waals surface area contributed by atoms with E-state index >= 15 is 0 Å². The predicted molar refractivity (Wildman–Crippen MR) is 83.6 cm³/mol. The summed E-state index contributed by atoms with van der Waals surface area (Å²) in [6.45, 7) is 6.76. The zero-order valence-electron chi connectivity index (χ0n) is 13.3. The maximum Gasteiger partial charge on any atom is 0.410 e. The van der Waals surface area contributed by atoms with Crippen molar-refractivity contribution < 1.29 is 17.9 Å². The SMILES string of the molecule is CC(C)(C)OC(=O)N1Cc2ccc(CNS(C)(=O)=O)cc2C1. The van der Waals surface area contributed by atoms with Crippen LogP contribution >= 0.6 is 0 Å². The monoisotopic (exact) mass is 326 g/mol. The molecule has 0 saturated carbocycles. The molecule has 0 unspecified atom stereocenters. The normalized spacial score (nSPS) is 14.8. The number of ether oxygens (including phenoxy) is 1. The average molecular weight is 326 g/mol. The Morgan fingerprint density at radius 2 is 1.91 bits per heavy atom. The first-order valence-corrected chi connectivity index (χ1v) is 8.96. The van der Waals surface area contributed by atoms with E-state index in [-0.39, 0.29) is 12.6 Å². The molecule has 1 N–H and O–H groups in total. The van der Waals surface area contributed by atoms with E-state index in [0.29, 0.717) is 13.1 Å². The van der Waals surface area contributed by atoms with Crippen LogP contribution in [0, 0.1) is 0 Å². The van der Waals surface area contributed by atoms with Crippen molar-refractivity contribution in [3.05, 3.63) is 34.9 Å². The first-order chi connectivity index (χ1) is 10.0. The number of hydrogen-bond donors (Lipinski definition) is 1. The van der Waals surface area contributed by atoms with Crippen LogP contribution in [0.3, 0.4) is 0 Å². The fourth-order valence-corrected chi connectivity index (χ4v) is 2.66. The van der Waals surface area contributed by atoms with Gasteiger partial charge >= 0.3 is 6.09 Å². The topological polar surface area (TPSA) is 75.7 Å². The molecule has 22 heavy (non-hydrogen) atoms. The highest BCUT2D eigenvalue weighted by Gasteiger charge is 2.27. The summed E-state index contributed by atoms with van der Waals surface area (Å²) in [5.41, 5.74) is 2.44. The highest BCUT2D eigenvalue weighted by molar-refractivity contribution is 7.88. The standard InChI is InChI=1S/C15H22N2O4S/c1-15(2,3)21-14(18)17-9-12-6-5-11(7-13(12)10-17)8-16-22(4,19)20/h5-7,16H,8-10H2,1-4H3. The minimum atomic E-state index is -3.22. The molecule has 0 aromatic heterocycles. The minimum absolute atomic E-state index is 0.249. The fraction of sp³-hybridized carbons (Fsp3) is 0.533. The van der Waals surface area contributed by atoms with E-state index in [1.165, 1.54) is 0 Å². The number of nitrogens with one attached hydrogen (secondary N) is 1. The highest BCUT2D eigenvalue weighted by Crippen LogP contribution is 2.25. The molecule has 0 spiro atoms. The molecular weight excluding hydrogens is 304 g/mol. The molecule has 0 bridgehead atoms. The van der Waals surface area contributed by atoms with Crippen molar-refractivity contribution in [1.82, 2.24) is 9.62 Å². The molecule has 0 atom stereocenters. The van der Waals surface area contributed by atoms with Gasteiger partial charge in [-0.1, -0.05) is 18.2 Å². The summed E-state index contributed by atoms with van der Waals surface area (Å²) in [7, 11) is -3.22. The molecule has 1 aromatic rings. The van der Waals surface area contributed by atoms with Crippen molar-refractivity contribution in [1.29, 1.82) is 0 Å². The summed E-state index contributed by atoms with van der Waals surface area (Å²) in [5, 5.41) is 0. The van der Waals surface area contributed by atoms with Crippen LogP contribution in [0.4, 0.5) is 4.79 Å². The number of benzene rings is 1. The van der Waals surface area contributed by atoms with Crippen LogP contribution in [-0.2, 0) is 34.4 Å². The third kappa shape index (κ3) is 4.71. The van der Waals surface area contributed by atoms with Crippen LogP contribution in [0.2, 0.25) is 0 Å². The Bertz CT molecular complexity index is 677. The summed E-state index contributed by atoms with van der Waals surface area (Å²) in [6, 6.07) is 5.73. The highest BCUT2D eigenvalue weighted by atomic mass is 32.2. The van der Waals surface area contributed by atoms with Gasteiger partial charge in [0.15, 0.2) is 0 Å². The lowest BCUT2D eigenvalue weighted by Gasteiger charge is -2.24. The molecule has 0 fully saturated rings. The second-order valence-electron chi connectivity index (χ2n) is 6.53. The summed E-state index contributed by atoms with van der Waals surface area (Å²) in [4.78, 5) is 13.7. The lowest BCUT2D eigenvalue weighted by atomic mass is 10.1. The van der Waals surface area contributed by atoms with Crippen molar-refractivity contribution in [2.24, 2.45) is 0 Å². The lowest BCUT2D eigenvalue weighted by Crippen LogP contribution is -2.33. The third-order valence-electron chi connectivity index (χ3n) is 3.18. The first-order valence-electron chi connectivity index (χ1n) is 7.07. The summed E-state index contributed by atoms with van der Waals surface area (Å²) in [5.74, 6) is 0. The number of nitrogens with zero attached hydrogens (tertiary/aromatic N) is 1. The van der Waals surface area contributed by atoms with E-state index in [4.69, 9.17) is 4.74 Å². The van der Waals surface area contributed by atoms with Crippen LogP contribution < -0.4 is 4.72 Å². The Kier molecular flexibility index (Phi) is 4.49. The van der Waals surface area contributed by atoms with Crippen molar-refractivity contribution in [2.75, 3.05) is 6.26 Å². The summed E-state index contributed by atoms with van der Waals surface area (Å²) >= 11 is 0. The maximum absolute atomic E-state index is 12.1. The van der Waals surface area contributed by atoms with Gasteiger partial charge < -0.3 is 4.74 Å². The van der Waals surface area contributed by atoms with Gasteiger partial charge in [0.1, 0.15) is 5.60 Å². The van der Waals surface area contributed by atoms with Gasteiger partial charge in [-0.2, -0.15) is 0 Å². The average Bonchev–Trinajstić information content (AvgIpc) is 2.76. The van der Waals surface area contributed by atoms with E-state index < -0.39 is 15.6 Å². The molecule has 1 aliphatic heterocycles. The Morgan fingerprint density at radius 1 is 1.27 bits per heavy atom. The van der Waals surface area contributed by atoms with Gasteiger partial charge in [-0.15, -0.1) is 0 Å². The lowest BCUT2D eigenvalue weighted by molar-refractivity contribution is 0.0242. The first kappa shape index (κ1) is 16.8. The van der Waals surface area contributed by atoms with Crippen molar-refractivity contribution in [3.63, 3.8) is 0 Å². The van der Waals surface area contributed by atoms with Gasteiger partial charge in [0.25, 0.3) is 0 Å². The van der Waals surface area contributed by atoms with Gasteiger partial charge in [0.05, 0.1) is 6.26 Å². The largest absolute Gasteiger partial charge is 0.444 e. The number of carbonyl (C=O) groups excluding carboxylic acids is 1. The minimum Gasteiger partial charge on any atom is -0.444 e. The van der Waals surface area contributed by atoms with Crippen LogP contribution in [-0.4, -0.2) is 31.3 Å². The molecular formula is C15H22N2O4S. The fourth-order valence-electron chi connectivity index (χ4n) is 2.23. The summed E-state index contributed by atoms with van der Waals surface area (Å²) in [6.07, 6.45) is 0.796. The Balaban J connectivity index is 2.04. The Morgan fingerprint density at radius 3 is 2.50 bits per heavy atom. The van der Waals surface area contributed by atoms with Crippen LogP contribution in [0.15, 0.2) is 18.2 Å². The molecule has 6 nitrogen and oxygen atoms in total. The van der Waals surface area contributed by atoms with Gasteiger partial charge in [-0.05, 0) is 37.5 Å². The van der Waals surface area contributed by atoms with Crippen molar-refractivity contribution in [2.45, 2.75) is 46.0 Å². The second-order valence-corrected chi connectivity index (χ2v) is 8.37. The van der Waals surface area contributed by atoms with Gasteiger partial charge in [0.2, 0.25) is 10.0 Å². The molecule has 1 amide bonds. The maximum atomic E-state index is 12.1. The molecule has 1 heterocycles. The number of sulfonamides is 1. The van der Waals surface area contributed by atoms with E-state index in [1.807, 2.05) is 39.0 Å². The molecule has 0 saturated heterocycles.